The lowest BCUT2D eigenvalue weighted by atomic mass is 10.1. The Hall–Kier alpha value is -0.520. The van der Waals surface area contributed by atoms with E-state index in [1.165, 1.54) is 24.4 Å². The average Bonchev–Trinajstić information content (AvgIpc) is 2.71. The highest BCUT2D eigenvalue weighted by molar-refractivity contribution is 7.03. The lowest BCUT2D eigenvalue weighted by Crippen LogP contribution is -2.50. The van der Waals surface area contributed by atoms with E-state index in [-0.39, 0.29) is 0 Å². The van der Waals surface area contributed by atoms with E-state index in [2.05, 4.69) is 26.7 Å². The van der Waals surface area contributed by atoms with Crippen LogP contribution in [-0.2, 0) is 6.54 Å². The maximum Gasteiger partial charge on any atom is 0.0895 e. The average molecular weight is 226 g/mol. The molecule has 1 aliphatic heterocycles. The number of rotatable bonds is 4. The summed E-state index contributed by atoms with van der Waals surface area (Å²) in [7, 11) is 0. The van der Waals surface area contributed by atoms with Crippen molar-refractivity contribution in [3.63, 3.8) is 0 Å². The van der Waals surface area contributed by atoms with E-state index in [9.17, 15) is 0 Å². The largest absolute Gasteiger partial charge is 0.311 e. The Morgan fingerprint density at radius 1 is 1.67 bits per heavy atom. The van der Waals surface area contributed by atoms with Gasteiger partial charge in [0, 0.05) is 37.6 Å². The summed E-state index contributed by atoms with van der Waals surface area (Å²) in [5, 5.41) is 9.68. The summed E-state index contributed by atoms with van der Waals surface area (Å²) in [6, 6.07) is 0.662. The number of nitrogens with zero attached hydrogens (tertiary/aromatic N) is 3. The molecule has 1 fully saturated rings. The van der Waals surface area contributed by atoms with Crippen molar-refractivity contribution in [1.82, 2.24) is 19.8 Å². The first-order valence-corrected chi connectivity index (χ1v) is 6.44. The van der Waals surface area contributed by atoms with Gasteiger partial charge in [-0.1, -0.05) is 17.8 Å². The smallest absolute Gasteiger partial charge is 0.0895 e. The van der Waals surface area contributed by atoms with Gasteiger partial charge in [0.2, 0.25) is 0 Å². The lowest BCUT2D eigenvalue weighted by molar-refractivity contribution is 0.185. The van der Waals surface area contributed by atoms with Crippen LogP contribution in [0.15, 0.2) is 5.38 Å². The van der Waals surface area contributed by atoms with Crippen molar-refractivity contribution in [1.29, 1.82) is 0 Å². The van der Waals surface area contributed by atoms with Crippen LogP contribution in [0.2, 0.25) is 0 Å². The van der Waals surface area contributed by atoms with Crippen LogP contribution in [0.5, 0.6) is 0 Å². The molecule has 2 heterocycles. The summed E-state index contributed by atoms with van der Waals surface area (Å²) in [5.74, 6) is 0. The van der Waals surface area contributed by atoms with Gasteiger partial charge in [-0.2, -0.15) is 0 Å². The Balaban J connectivity index is 1.82. The van der Waals surface area contributed by atoms with Crippen molar-refractivity contribution in [2.45, 2.75) is 32.4 Å². The molecule has 1 N–H and O–H groups in total. The van der Waals surface area contributed by atoms with E-state index in [1.54, 1.807) is 0 Å². The molecule has 4 nitrogen and oxygen atoms in total. The number of aromatic nitrogens is 2. The predicted octanol–water partition coefficient (Wildman–Crippen LogP) is 1.11. The van der Waals surface area contributed by atoms with Crippen LogP contribution in [-0.4, -0.2) is 40.2 Å². The molecular formula is C10H18N4S. The van der Waals surface area contributed by atoms with E-state index in [0.717, 1.165) is 31.9 Å². The molecule has 1 aromatic heterocycles. The van der Waals surface area contributed by atoms with Gasteiger partial charge in [0.05, 0.1) is 5.69 Å². The summed E-state index contributed by atoms with van der Waals surface area (Å²) in [4.78, 5) is 2.47. The second-order valence-electron chi connectivity index (χ2n) is 4.07. The zero-order valence-corrected chi connectivity index (χ0v) is 9.96. The third kappa shape index (κ3) is 3.22. The summed E-state index contributed by atoms with van der Waals surface area (Å²) in [5.41, 5.74) is 1.11. The van der Waals surface area contributed by atoms with Crippen molar-refractivity contribution in [3.8, 4) is 0 Å². The van der Waals surface area contributed by atoms with Gasteiger partial charge in [0.15, 0.2) is 0 Å². The third-order valence-corrected chi connectivity index (χ3v) is 3.32. The number of nitrogens with one attached hydrogen (secondary N) is 1. The molecule has 0 aliphatic carbocycles. The van der Waals surface area contributed by atoms with Crippen molar-refractivity contribution < 1.29 is 0 Å². The minimum absolute atomic E-state index is 0.662. The monoisotopic (exact) mass is 226 g/mol. The van der Waals surface area contributed by atoms with Crippen molar-refractivity contribution in [3.05, 3.63) is 11.1 Å². The van der Waals surface area contributed by atoms with Crippen molar-refractivity contribution in [2.75, 3.05) is 19.6 Å². The molecule has 5 heteroatoms. The highest BCUT2D eigenvalue weighted by atomic mass is 32.1. The fourth-order valence-electron chi connectivity index (χ4n) is 2.06. The molecule has 1 unspecified atom stereocenters. The zero-order valence-electron chi connectivity index (χ0n) is 9.15. The first-order chi connectivity index (χ1) is 7.38. The number of hydrogen-bond acceptors (Lipinski definition) is 5. The maximum atomic E-state index is 4.09. The molecule has 84 valence electrons. The minimum atomic E-state index is 0.662. The minimum Gasteiger partial charge on any atom is -0.311 e. The first-order valence-electron chi connectivity index (χ1n) is 5.60. The summed E-state index contributed by atoms with van der Waals surface area (Å²) in [6.45, 7) is 6.56. The topological polar surface area (TPSA) is 41.1 Å². The molecule has 15 heavy (non-hydrogen) atoms. The van der Waals surface area contributed by atoms with Crippen molar-refractivity contribution in [2.24, 2.45) is 0 Å². The summed E-state index contributed by atoms with van der Waals surface area (Å²) in [6.07, 6.45) is 2.52. The summed E-state index contributed by atoms with van der Waals surface area (Å²) < 4.78 is 3.89. The van der Waals surface area contributed by atoms with Crippen LogP contribution in [0.1, 0.15) is 25.5 Å². The Morgan fingerprint density at radius 2 is 2.60 bits per heavy atom. The molecule has 2 rings (SSSR count). The van der Waals surface area contributed by atoms with E-state index in [1.807, 2.05) is 5.38 Å². The highest BCUT2D eigenvalue weighted by Crippen LogP contribution is 2.09. The second-order valence-corrected chi connectivity index (χ2v) is 4.68. The van der Waals surface area contributed by atoms with Gasteiger partial charge in [-0.15, -0.1) is 5.10 Å². The van der Waals surface area contributed by atoms with Gasteiger partial charge in [0.25, 0.3) is 0 Å². The molecular weight excluding hydrogens is 208 g/mol. The Labute approximate surface area is 94.8 Å². The van der Waals surface area contributed by atoms with Gasteiger partial charge in [-0.05, 0) is 18.0 Å². The molecule has 0 aromatic carbocycles. The van der Waals surface area contributed by atoms with Gasteiger partial charge >= 0.3 is 0 Å². The van der Waals surface area contributed by atoms with Crippen LogP contribution < -0.4 is 5.32 Å². The lowest BCUT2D eigenvalue weighted by Gasteiger charge is -2.33. The molecule has 1 atom stereocenters. The van der Waals surface area contributed by atoms with Gasteiger partial charge < -0.3 is 5.32 Å². The van der Waals surface area contributed by atoms with Crippen LogP contribution in [0.25, 0.3) is 0 Å². The molecule has 1 aliphatic rings. The highest BCUT2D eigenvalue weighted by Gasteiger charge is 2.18. The Morgan fingerprint density at radius 3 is 3.33 bits per heavy atom. The van der Waals surface area contributed by atoms with E-state index in [4.69, 9.17) is 0 Å². The summed E-state index contributed by atoms with van der Waals surface area (Å²) >= 11 is 1.44. The molecule has 0 bridgehead atoms. The standard InChI is InChI=1S/C10H18N4S/c1-2-3-9-6-14(5-4-11-9)7-10-8-15-13-12-10/h8-9,11H,2-7H2,1H3. The molecule has 0 radical (unpaired) electrons. The number of piperazine rings is 1. The molecule has 0 saturated carbocycles. The third-order valence-electron chi connectivity index (χ3n) is 2.77. The van der Waals surface area contributed by atoms with Gasteiger partial charge in [0.1, 0.15) is 0 Å². The molecule has 0 spiro atoms. The normalized spacial score (nSPS) is 23.1. The van der Waals surface area contributed by atoms with Crippen LogP contribution >= 0.6 is 11.5 Å². The second kappa shape index (κ2) is 5.53. The fraction of sp³-hybridized carbons (Fsp3) is 0.800. The van der Waals surface area contributed by atoms with Gasteiger partial charge in [-0.25, -0.2) is 0 Å². The fourth-order valence-corrected chi connectivity index (χ4v) is 2.50. The first kappa shape index (κ1) is 11.0. The number of hydrogen-bond donors (Lipinski definition) is 1. The Kier molecular flexibility index (Phi) is 4.05. The van der Waals surface area contributed by atoms with E-state index < -0.39 is 0 Å². The predicted molar refractivity (Wildman–Crippen MR) is 61.9 cm³/mol. The maximum absolute atomic E-state index is 4.09. The molecule has 0 amide bonds. The quantitative estimate of drug-likeness (QED) is 0.835. The van der Waals surface area contributed by atoms with Gasteiger partial charge in [-0.3, -0.25) is 4.90 Å². The zero-order chi connectivity index (χ0) is 10.5. The van der Waals surface area contributed by atoms with Crippen LogP contribution in [0, 0.1) is 0 Å². The molecule has 1 saturated heterocycles. The van der Waals surface area contributed by atoms with E-state index >= 15 is 0 Å². The van der Waals surface area contributed by atoms with E-state index in [0.29, 0.717) is 6.04 Å². The van der Waals surface area contributed by atoms with Crippen molar-refractivity contribution >= 4 is 11.5 Å². The Bertz CT molecular complexity index is 273. The van der Waals surface area contributed by atoms with Crippen LogP contribution in [0.3, 0.4) is 0 Å². The van der Waals surface area contributed by atoms with Crippen LogP contribution in [0.4, 0.5) is 0 Å². The molecule has 1 aromatic rings. The SMILES string of the molecule is CCCC1CN(Cc2csnn2)CCN1.